The number of carbonyl (C=O) groups excluding carboxylic acids is 1. The molecule has 4 N–H and O–H groups in total. The molecule has 4 aromatic rings. The van der Waals surface area contributed by atoms with Crippen LogP contribution in [0, 0.1) is 6.92 Å². The SMILES string of the molecule is Cc1ccc(NC(=O)c2cc(N3CCN(CCO)CC3)cc(C(F)(F)F)c2)cc1Nc1nn(C)cc1-c1cc(NC2CC2)ncn1. The second kappa shape index (κ2) is 13.0. The Morgan fingerprint density at radius 2 is 1.83 bits per heavy atom. The molecule has 46 heavy (non-hydrogen) atoms. The second-order valence-electron chi connectivity index (χ2n) is 11.7. The maximum absolute atomic E-state index is 13.9. The Hall–Kier alpha value is -4.69. The third kappa shape index (κ3) is 7.40. The monoisotopic (exact) mass is 635 g/mol. The molecule has 1 aliphatic heterocycles. The number of halogens is 3. The lowest BCUT2D eigenvalue weighted by atomic mass is 10.1. The quantitative estimate of drug-likeness (QED) is 0.193. The summed E-state index contributed by atoms with van der Waals surface area (Å²) in [5.41, 5.74) is 2.73. The van der Waals surface area contributed by atoms with E-state index < -0.39 is 17.6 Å². The number of hydrogen-bond donors (Lipinski definition) is 4. The fourth-order valence-electron chi connectivity index (χ4n) is 5.41. The molecule has 2 aromatic carbocycles. The lowest BCUT2D eigenvalue weighted by molar-refractivity contribution is -0.137. The van der Waals surface area contributed by atoms with Crippen LogP contribution in [0.3, 0.4) is 0 Å². The largest absolute Gasteiger partial charge is 0.416 e. The number of rotatable bonds is 10. The van der Waals surface area contributed by atoms with Crippen molar-refractivity contribution in [1.29, 1.82) is 0 Å². The first-order valence-electron chi connectivity index (χ1n) is 15.2. The molecule has 0 radical (unpaired) electrons. The van der Waals surface area contributed by atoms with Gasteiger partial charge in [0.15, 0.2) is 5.82 Å². The van der Waals surface area contributed by atoms with Gasteiger partial charge < -0.3 is 26.0 Å². The highest BCUT2D eigenvalue weighted by atomic mass is 19.4. The third-order valence-corrected chi connectivity index (χ3v) is 8.11. The number of aryl methyl sites for hydroxylation is 2. The first kappa shape index (κ1) is 31.3. The molecule has 11 nitrogen and oxygen atoms in total. The van der Waals surface area contributed by atoms with Gasteiger partial charge in [0.2, 0.25) is 0 Å². The van der Waals surface area contributed by atoms with E-state index in [1.165, 1.54) is 12.4 Å². The van der Waals surface area contributed by atoms with Crippen molar-refractivity contribution in [3.05, 3.63) is 71.7 Å². The van der Waals surface area contributed by atoms with Crippen LogP contribution in [0.15, 0.2) is 55.0 Å². The number of aliphatic hydroxyl groups excluding tert-OH is 1. The molecular weight excluding hydrogens is 599 g/mol. The molecule has 2 aliphatic rings. The number of anilines is 5. The van der Waals surface area contributed by atoms with E-state index in [0.717, 1.165) is 41.9 Å². The van der Waals surface area contributed by atoms with Crippen LogP contribution in [-0.4, -0.2) is 81.0 Å². The van der Waals surface area contributed by atoms with Crippen LogP contribution < -0.4 is 20.9 Å². The van der Waals surface area contributed by atoms with Gasteiger partial charge >= 0.3 is 6.18 Å². The van der Waals surface area contributed by atoms with Gasteiger partial charge in [-0.05, 0) is 55.7 Å². The van der Waals surface area contributed by atoms with Crippen molar-refractivity contribution in [1.82, 2.24) is 24.6 Å². The first-order chi connectivity index (χ1) is 22.1. The maximum Gasteiger partial charge on any atom is 0.416 e. The minimum atomic E-state index is -4.62. The molecule has 0 unspecified atom stereocenters. The number of amides is 1. The molecular formula is C32H36F3N9O2. The number of β-amino-alcohol motifs (C(OH)–C–C–N with tert-alkyl or cyclic N) is 1. The lowest BCUT2D eigenvalue weighted by Gasteiger charge is -2.36. The van der Waals surface area contributed by atoms with E-state index in [-0.39, 0.29) is 12.2 Å². The molecule has 0 spiro atoms. The number of carbonyl (C=O) groups is 1. The predicted molar refractivity (Wildman–Crippen MR) is 170 cm³/mol. The van der Waals surface area contributed by atoms with Gasteiger partial charge in [0.25, 0.3) is 5.91 Å². The standard InChI is InChI=1S/C32H36F3N9O2/c1-20-3-4-24(16-27(20)40-30-26(18-42(2)41-30)28-17-29(37-19-36-28)38-23-5-6-23)39-31(46)21-13-22(32(33,34)35)15-25(14-21)44-9-7-43(8-10-44)11-12-45/h3-4,13-19,23,45H,5-12H2,1-2H3,(H,39,46)(H,40,41)(H,36,37,38). The zero-order valence-corrected chi connectivity index (χ0v) is 25.6. The summed E-state index contributed by atoms with van der Waals surface area (Å²) in [5.74, 6) is 0.632. The molecule has 3 heterocycles. The van der Waals surface area contributed by atoms with Gasteiger partial charge in [0, 0.05) is 80.7 Å². The molecule has 0 bridgehead atoms. The van der Waals surface area contributed by atoms with Gasteiger partial charge in [-0.25, -0.2) is 9.97 Å². The van der Waals surface area contributed by atoms with Crippen molar-refractivity contribution >= 4 is 34.6 Å². The smallest absolute Gasteiger partial charge is 0.395 e. The van der Waals surface area contributed by atoms with Crippen LogP contribution in [0.25, 0.3) is 11.3 Å². The van der Waals surface area contributed by atoms with Crippen molar-refractivity contribution in [3.8, 4) is 11.3 Å². The van der Waals surface area contributed by atoms with Gasteiger partial charge in [-0.1, -0.05) is 6.07 Å². The van der Waals surface area contributed by atoms with Crippen molar-refractivity contribution in [2.24, 2.45) is 7.05 Å². The second-order valence-corrected chi connectivity index (χ2v) is 11.7. The number of hydrogen-bond acceptors (Lipinski definition) is 9. The summed E-state index contributed by atoms with van der Waals surface area (Å²) in [6, 6.07) is 11.0. The van der Waals surface area contributed by atoms with Gasteiger partial charge in [-0.15, -0.1) is 0 Å². The Kier molecular flexibility index (Phi) is 8.82. The van der Waals surface area contributed by atoms with Crippen molar-refractivity contribution in [2.45, 2.75) is 32.0 Å². The van der Waals surface area contributed by atoms with Gasteiger partial charge in [0.1, 0.15) is 12.1 Å². The number of nitrogens with zero attached hydrogens (tertiary/aromatic N) is 6. The van der Waals surface area contributed by atoms with E-state index in [1.54, 1.807) is 23.9 Å². The summed E-state index contributed by atoms with van der Waals surface area (Å²) in [7, 11) is 1.81. The highest BCUT2D eigenvalue weighted by Gasteiger charge is 2.33. The number of alkyl halides is 3. The fraction of sp³-hybridized carbons (Fsp3) is 0.375. The van der Waals surface area contributed by atoms with E-state index in [0.29, 0.717) is 67.3 Å². The molecule has 242 valence electrons. The van der Waals surface area contributed by atoms with Crippen LogP contribution in [0.2, 0.25) is 0 Å². The van der Waals surface area contributed by atoms with Crippen molar-refractivity contribution < 1.29 is 23.1 Å². The summed E-state index contributed by atoms with van der Waals surface area (Å²) in [4.78, 5) is 26.0. The molecule has 1 amide bonds. The molecule has 2 fully saturated rings. The highest BCUT2D eigenvalue weighted by Crippen LogP contribution is 2.35. The molecule has 1 saturated carbocycles. The number of nitrogens with one attached hydrogen (secondary N) is 3. The highest BCUT2D eigenvalue weighted by molar-refractivity contribution is 6.05. The van der Waals surface area contributed by atoms with Crippen LogP contribution >= 0.6 is 0 Å². The summed E-state index contributed by atoms with van der Waals surface area (Å²) in [6.45, 7) is 4.61. The Morgan fingerprint density at radius 3 is 2.54 bits per heavy atom. The average Bonchev–Trinajstić information content (AvgIpc) is 3.77. The molecule has 1 aliphatic carbocycles. The summed E-state index contributed by atoms with van der Waals surface area (Å²) in [5, 5.41) is 23.3. The fourth-order valence-corrected chi connectivity index (χ4v) is 5.41. The number of aromatic nitrogens is 4. The predicted octanol–water partition coefficient (Wildman–Crippen LogP) is 4.89. The first-order valence-corrected chi connectivity index (χ1v) is 15.2. The summed E-state index contributed by atoms with van der Waals surface area (Å²) < 4.78 is 43.4. The Labute approximate surface area is 264 Å². The van der Waals surface area contributed by atoms with E-state index in [2.05, 4.69) is 31.0 Å². The normalized spacial score (nSPS) is 15.6. The van der Waals surface area contributed by atoms with Crippen LogP contribution in [-0.2, 0) is 13.2 Å². The molecule has 0 atom stereocenters. The van der Waals surface area contributed by atoms with E-state index in [1.807, 2.05) is 35.1 Å². The zero-order valence-electron chi connectivity index (χ0n) is 25.6. The Balaban J connectivity index is 1.22. The molecule has 14 heteroatoms. The number of benzene rings is 2. The van der Waals surface area contributed by atoms with Gasteiger partial charge in [-0.3, -0.25) is 14.4 Å². The number of piperazine rings is 1. The summed E-state index contributed by atoms with van der Waals surface area (Å²) in [6.07, 6.45) is 0.968. The maximum atomic E-state index is 13.9. The topological polar surface area (TPSA) is 123 Å². The average molecular weight is 636 g/mol. The molecule has 2 aromatic heterocycles. The van der Waals surface area contributed by atoms with Gasteiger partial charge in [-0.2, -0.15) is 18.3 Å². The van der Waals surface area contributed by atoms with E-state index in [4.69, 9.17) is 0 Å². The van der Waals surface area contributed by atoms with Crippen LogP contribution in [0.5, 0.6) is 0 Å². The van der Waals surface area contributed by atoms with Crippen molar-refractivity contribution in [2.75, 3.05) is 60.2 Å². The van der Waals surface area contributed by atoms with E-state index >= 15 is 0 Å². The lowest BCUT2D eigenvalue weighted by Crippen LogP contribution is -2.47. The minimum absolute atomic E-state index is 0.0218. The van der Waals surface area contributed by atoms with E-state index in [9.17, 15) is 23.1 Å². The Morgan fingerprint density at radius 1 is 1.04 bits per heavy atom. The number of aliphatic hydroxyl groups is 1. The molecule has 6 rings (SSSR count). The third-order valence-electron chi connectivity index (χ3n) is 8.11. The molecule has 1 saturated heterocycles. The van der Waals surface area contributed by atoms with Gasteiger partial charge in [0.05, 0.1) is 23.4 Å². The zero-order chi connectivity index (χ0) is 32.4. The van der Waals surface area contributed by atoms with Crippen molar-refractivity contribution in [3.63, 3.8) is 0 Å². The van der Waals surface area contributed by atoms with Crippen LogP contribution in [0.1, 0.15) is 34.3 Å². The summed E-state index contributed by atoms with van der Waals surface area (Å²) >= 11 is 0. The van der Waals surface area contributed by atoms with Crippen LogP contribution in [0.4, 0.5) is 41.9 Å². The minimum Gasteiger partial charge on any atom is -0.395 e. The Bertz CT molecular complexity index is 1710.